The van der Waals surface area contributed by atoms with Crippen LogP contribution in [0.5, 0.6) is 0 Å². The minimum atomic E-state index is -0.360. The molecule has 0 aliphatic rings. The Hall–Kier alpha value is -2.42. The Labute approximate surface area is 199 Å². The molecule has 5 nitrogen and oxygen atoms in total. The van der Waals surface area contributed by atoms with Gasteiger partial charge in [-0.05, 0) is 43.7 Å². The summed E-state index contributed by atoms with van der Waals surface area (Å²) in [5.74, 6) is -0.0460. The van der Waals surface area contributed by atoms with E-state index in [2.05, 4.69) is 17.4 Å². The van der Waals surface area contributed by atoms with E-state index in [9.17, 15) is 9.59 Å². The molecule has 1 aromatic carbocycles. The molecule has 0 aliphatic carbocycles. The van der Waals surface area contributed by atoms with Gasteiger partial charge in [0.15, 0.2) is 5.16 Å². The van der Waals surface area contributed by atoms with Crippen LogP contribution in [0, 0.1) is 0 Å². The number of carbonyl (C=O) groups is 1. The van der Waals surface area contributed by atoms with Crippen LogP contribution in [-0.4, -0.2) is 26.8 Å². The van der Waals surface area contributed by atoms with Crippen molar-refractivity contribution >= 4 is 50.6 Å². The summed E-state index contributed by atoms with van der Waals surface area (Å²) in [6.07, 6.45) is 1.79. The maximum absolute atomic E-state index is 13.1. The average Bonchev–Trinajstić information content (AvgIpc) is 3.46. The fraction of sp³-hybridized carbons (Fsp3) is 0.292. The smallest absolute Gasteiger partial charge is 0.263 e. The summed E-state index contributed by atoms with van der Waals surface area (Å²) in [5.41, 5.74) is 2.12. The number of nitrogens with one attached hydrogen (secondary N) is 1. The van der Waals surface area contributed by atoms with E-state index in [0.29, 0.717) is 15.4 Å². The van der Waals surface area contributed by atoms with Crippen LogP contribution in [0.4, 0.5) is 0 Å². The van der Waals surface area contributed by atoms with Crippen molar-refractivity contribution in [2.24, 2.45) is 7.05 Å². The molecule has 0 saturated heterocycles. The van der Waals surface area contributed by atoms with Crippen LogP contribution in [0.3, 0.4) is 0 Å². The van der Waals surface area contributed by atoms with Gasteiger partial charge in [-0.25, -0.2) is 4.98 Å². The van der Waals surface area contributed by atoms with Gasteiger partial charge in [-0.15, -0.1) is 22.7 Å². The molecular weight excluding hydrogens is 458 g/mol. The van der Waals surface area contributed by atoms with Crippen LogP contribution in [0.1, 0.15) is 25.8 Å². The lowest BCUT2D eigenvalue weighted by Crippen LogP contribution is -2.38. The number of hydrogen-bond donors (Lipinski definition) is 1. The summed E-state index contributed by atoms with van der Waals surface area (Å²) in [6.45, 7) is 3.88. The minimum absolute atomic E-state index is 0.0460. The van der Waals surface area contributed by atoms with E-state index in [1.54, 1.807) is 23.0 Å². The zero-order valence-corrected chi connectivity index (χ0v) is 20.7. The maximum Gasteiger partial charge on any atom is 0.263 e. The van der Waals surface area contributed by atoms with Crippen molar-refractivity contribution in [2.45, 2.75) is 43.1 Å². The normalized spacial score (nSPS) is 13.2. The maximum atomic E-state index is 13.1. The molecule has 0 radical (unpaired) electrons. The van der Waals surface area contributed by atoms with Gasteiger partial charge < -0.3 is 5.32 Å². The van der Waals surface area contributed by atoms with Crippen LogP contribution in [0.25, 0.3) is 20.7 Å². The highest BCUT2D eigenvalue weighted by molar-refractivity contribution is 8.00. The SMILES string of the molecule is C[C@H](Sc1nc2scc(-c3cccs3)c2c(=O)n1C)C(=O)N[C@@H](C)CCc1ccccc1. The van der Waals surface area contributed by atoms with Crippen LogP contribution in [0.15, 0.2) is 63.2 Å². The Kier molecular flexibility index (Phi) is 7.13. The van der Waals surface area contributed by atoms with Crippen molar-refractivity contribution in [3.63, 3.8) is 0 Å². The molecule has 4 aromatic rings. The first kappa shape index (κ1) is 22.8. The Morgan fingerprint density at radius 1 is 1.16 bits per heavy atom. The second-order valence-electron chi connectivity index (χ2n) is 7.76. The Balaban J connectivity index is 1.44. The van der Waals surface area contributed by atoms with E-state index in [-0.39, 0.29) is 22.8 Å². The predicted molar refractivity (Wildman–Crippen MR) is 136 cm³/mol. The van der Waals surface area contributed by atoms with Crippen LogP contribution >= 0.6 is 34.4 Å². The number of carbonyl (C=O) groups excluding carboxylic acids is 1. The lowest BCUT2D eigenvalue weighted by Gasteiger charge is -2.18. The van der Waals surface area contributed by atoms with Crippen LogP contribution in [0.2, 0.25) is 0 Å². The second kappa shape index (κ2) is 10.0. The van der Waals surface area contributed by atoms with Gasteiger partial charge >= 0.3 is 0 Å². The molecule has 0 saturated carbocycles. The van der Waals surface area contributed by atoms with E-state index in [4.69, 9.17) is 4.98 Å². The van der Waals surface area contributed by atoms with Gasteiger partial charge in [0.05, 0.1) is 10.6 Å². The molecule has 1 N–H and O–H groups in total. The first-order valence-electron chi connectivity index (χ1n) is 10.5. The van der Waals surface area contributed by atoms with Crippen molar-refractivity contribution in [2.75, 3.05) is 0 Å². The number of nitrogens with zero attached hydrogens (tertiary/aromatic N) is 2. The molecule has 0 spiro atoms. The minimum Gasteiger partial charge on any atom is -0.353 e. The molecule has 2 atom stereocenters. The Bertz CT molecular complexity index is 1260. The molecule has 0 aliphatic heterocycles. The standard InChI is InChI=1S/C24H25N3O2S3/c1-15(11-12-17-8-5-4-6-9-17)25-21(28)16(2)32-24-26-22-20(23(29)27(24)3)18(14-31-22)19-10-7-13-30-19/h4-10,13-16H,11-12H2,1-3H3,(H,25,28)/t15-,16-/m0/s1. The predicted octanol–water partition coefficient (Wildman–Crippen LogP) is 5.34. The molecule has 0 unspecified atom stereocenters. The van der Waals surface area contributed by atoms with E-state index in [1.165, 1.54) is 28.7 Å². The van der Waals surface area contributed by atoms with Crippen molar-refractivity contribution in [1.29, 1.82) is 0 Å². The summed E-state index contributed by atoms with van der Waals surface area (Å²) in [7, 11) is 1.72. The highest BCUT2D eigenvalue weighted by Gasteiger charge is 2.21. The van der Waals surface area contributed by atoms with Gasteiger partial charge in [0, 0.05) is 28.9 Å². The van der Waals surface area contributed by atoms with Gasteiger partial charge in [-0.2, -0.15) is 0 Å². The van der Waals surface area contributed by atoms with E-state index < -0.39 is 0 Å². The Morgan fingerprint density at radius 2 is 1.94 bits per heavy atom. The molecule has 1 amide bonds. The quantitative estimate of drug-likeness (QED) is 0.271. The third-order valence-electron chi connectivity index (χ3n) is 5.31. The van der Waals surface area contributed by atoms with Gasteiger partial charge in [-0.3, -0.25) is 14.2 Å². The fourth-order valence-electron chi connectivity index (χ4n) is 3.44. The molecular formula is C24H25N3O2S3. The second-order valence-corrected chi connectivity index (χ2v) is 10.9. The third-order valence-corrected chi connectivity index (χ3v) is 8.23. The molecule has 4 rings (SSSR count). The molecule has 8 heteroatoms. The van der Waals surface area contributed by atoms with Gasteiger partial charge in [0.1, 0.15) is 4.83 Å². The molecule has 3 aromatic heterocycles. The lowest BCUT2D eigenvalue weighted by atomic mass is 10.1. The number of benzene rings is 1. The van der Waals surface area contributed by atoms with E-state index in [0.717, 1.165) is 23.3 Å². The summed E-state index contributed by atoms with van der Waals surface area (Å²) in [4.78, 5) is 32.3. The third kappa shape index (κ3) is 4.98. The van der Waals surface area contributed by atoms with Crippen LogP contribution in [-0.2, 0) is 18.3 Å². The number of aryl methyl sites for hydroxylation is 1. The van der Waals surface area contributed by atoms with Crippen LogP contribution < -0.4 is 10.9 Å². The van der Waals surface area contributed by atoms with Gasteiger partial charge in [0.25, 0.3) is 5.56 Å². The number of hydrogen-bond acceptors (Lipinski definition) is 6. The monoisotopic (exact) mass is 483 g/mol. The first-order chi connectivity index (χ1) is 15.4. The number of rotatable bonds is 8. The number of thiophene rings is 2. The van der Waals surface area contributed by atoms with E-state index >= 15 is 0 Å². The first-order valence-corrected chi connectivity index (χ1v) is 13.1. The van der Waals surface area contributed by atoms with E-state index in [1.807, 2.05) is 54.9 Å². The molecule has 0 fully saturated rings. The fourth-order valence-corrected chi connectivity index (χ4v) is 6.13. The molecule has 0 bridgehead atoms. The summed E-state index contributed by atoms with van der Waals surface area (Å²) in [6, 6.07) is 14.3. The lowest BCUT2D eigenvalue weighted by molar-refractivity contribution is -0.120. The van der Waals surface area contributed by atoms with Crippen molar-refractivity contribution < 1.29 is 4.79 Å². The summed E-state index contributed by atoms with van der Waals surface area (Å²) >= 11 is 4.40. The zero-order chi connectivity index (χ0) is 22.7. The van der Waals surface area contributed by atoms with Gasteiger partial charge in [0.2, 0.25) is 5.91 Å². The summed E-state index contributed by atoms with van der Waals surface area (Å²) < 4.78 is 1.55. The van der Waals surface area contributed by atoms with Crippen molar-refractivity contribution in [3.8, 4) is 10.4 Å². The zero-order valence-electron chi connectivity index (χ0n) is 18.2. The highest BCUT2D eigenvalue weighted by atomic mass is 32.2. The molecule has 166 valence electrons. The van der Waals surface area contributed by atoms with Crippen molar-refractivity contribution in [1.82, 2.24) is 14.9 Å². The number of fused-ring (bicyclic) bond motifs is 1. The molecule has 3 heterocycles. The molecule has 32 heavy (non-hydrogen) atoms. The highest BCUT2D eigenvalue weighted by Crippen LogP contribution is 2.34. The van der Waals surface area contributed by atoms with Gasteiger partial charge in [-0.1, -0.05) is 48.2 Å². The summed E-state index contributed by atoms with van der Waals surface area (Å²) in [5, 5.41) is 7.93. The Morgan fingerprint density at radius 3 is 2.66 bits per heavy atom. The number of amides is 1. The number of aromatic nitrogens is 2. The number of thioether (sulfide) groups is 1. The van der Waals surface area contributed by atoms with Crippen molar-refractivity contribution in [3.05, 3.63) is 69.1 Å². The average molecular weight is 484 g/mol. The largest absolute Gasteiger partial charge is 0.353 e. The topological polar surface area (TPSA) is 64.0 Å².